The molecule has 132 valence electrons. The van der Waals surface area contributed by atoms with Crippen molar-refractivity contribution in [1.29, 1.82) is 0 Å². The van der Waals surface area contributed by atoms with Crippen molar-refractivity contribution in [1.82, 2.24) is 4.90 Å². The van der Waals surface area contributed by atoms with Gasteiger partial charge in [-0.15, -0.1) is 0 Å². The van der Waals surface area contributed by atoms with Gasteiger partial charge >= 0.3 is 0 Å². The van der Waals surface area contributed by atoms with Gasteiger partial charge in [0.15, 0.2) is 0 Å². The zero-order valence-corrected chi connectivity index (χ0v) is 14.7. The first-order valence-electron chi connectivity index (χ1n) is 8.95. The molecule has 1 fully saturated rings. The highest BCUT2D eigenvalue weighted by Crippen LogP contribution is 2.36. The highest BCUT2D eigenvalue weighted by Gasteiger charge is 2.36. The summed E-state index contributed by atoms with van der Waals surface area (Å²) in [7, 11) is 0. The molecular weight excluding hydrogens is 315 g/mol. The summed E-state index contributed by atoms with van der Waals surface area (Å²) < 4.78 is 15.1. The van der Waals surface area contributed by atoms with Crippen molar-refractivity contribution in [2.24, 2.45) is 0 Å². The molecule has 1 heterocycles. The first-order chi connectivity index (χ1) is 12.1. The molecule has 0 radical (unpaired) electrons. The van der Waals surface area contributed by atoms with Crippen molar-refractivity contribution in [3.63, 3.8) is 0 Å². The molecule has 1 aliphatic rings. The van der Waals surface area contributed by atoms with Crippen molar-refractivity contribution in [3.8, 4) is 0 Å². The maximum atomic E-state index is 15.1. The number of likely N-dealkylation sites (tertiary alicyclic amines) is 1. The average Bonchev–Trinajstić information content (AvgIpc) is 2.65. The number of anilines is 1. The fourth-order valence-electron chi connectivity index (χ4n) is 3.43. The lowest BCUT2D eigenvalue weighted by Gasteiger charge is -2.36. The first-order valence-corrected chi connectivity index (χ1v) is 8.95. The van der Waals surface area contributed by atoms with Crippen LogP contribution >= 0.6 is 0 Å². The van der Waals surface area contributed by atoms with E-state index in [0.717, 1.165) is 23.2 Å². The minimum Gasteiger partial charge on any atom is -0.325 e. The number of para-hydroxylation sites is 1. The molecule has 1 saturated heterocycles. The fourth-order valence-corrected chi connectivity index (χ4v) is 3.43. The van der Waals surface area contributed by atoms with Gasteiger partial charge in [0, 0.05) is 18.8 Å². The van der Waals surface area contributed by atoms with Crippen LogP contribution in [0.3, 0.4) is 0 Å². The summed E-state index contributed by atoms with van der Waals surface area (Å²) in [6.07, 6.45) is 1.73. The summed E-state index contributed by atoms with van der Waals surface area (Å²) >= 11 is 0. The van der Waals surface area contributed by atoms with Gasteiger partial charge in [-0.25, -0.2) is 4.39 Å². The number of halogens is 1. The molecule has 0 spiro atoms. The van der Waals surface area contributed by atoms with Gasteiger partial charge in [-0.05, 0) is 36.5 Å². The molecule has 0 bridgehead atoms. The maximum Gasteiger partial charge on any atom is 0.238 e. The standard InChI is InChI=1S/C21H25FN2O/c1-2-17-8-6-7-11-19(17)23-20(25)16-24-14-12-21(22,13-15-24)18-9-4-3-5-10-18/h3-11H,2,12-16H2,1H3,(H,23,25). The Bertz CT molecular complexity index is 709. The number of amides is 1. The van der Waals surface area contributed by atoms with Crippen LogP contribution in [0.25, 0.3) is 0 Å². The van der Waals surface area contributed by atoms with E-state index in [9.17, 15) is 4.79 Å². The SMILES string of the molecule is CCc1ccccc1NC(=O)CN1CCC(F)(c2ccccc2)CC1. The van der Waals surface area contributed by atoms with Gasteiger partial charge < -0.3 is 5.32 Å². The van der Waals surface area contributed by atoms with Gasteiger partial charge in [0.1, 0.15) is 5.67 Å². The van der Waals surface area contributed by atoms with E-state index in [4.69, 9.17) is 0 Å². The van der Waals surface area contributed by atoms with E-state index in [2.05, 4.69) is 12.2 Å². The Balaban J connectivity index is 1.54. The van der Waals surface area contributed by atoms with E-state index in [-0.39, 0.29) is 5.91 Å². The Kier molecular flexibility index (Phi) is 5.49. The number of carbonyl (C=O) groups excluding carboxylic acids is 1. The quantitative estimate of drug-likeness (QED) is 0.887. The van der Waals surface area contributed by atoms with Crippen molar-refractivity contribution in [2.45, 2.75) is 31.9 Å². The lowest BCUT2D eigenvalue weighted by molar-refractivity contribution is -0.118. The Labute approximate surface area is 148 Å². The summed E-state index contributed by atoms with van der Waals surface area (Å²) in [5, 5.41) is 2.99. The molecule has 0 atom stereocenters. The van der Waals surface area contributed by atoms with Crippen LogP contribution in [-0.2, 0) is 16.9 Å². The van der Waals surface area contributed by atoms with Crippen molar-refractivity contribution < 1.29 is 9.18 Å². The summed E-state index contributed by atoms with van der Waals surface area (Å²) in [5.74, 6) is -0.0352. The minimum atomic E-state index is -1.27. The number of benzene rings is 2. The molecule has 0 aromatic heterocycles. The molecule has 1 amide bonds. The summed E-state index contributed by atoms with van der Waals surface area (Å²) in [5.41, 5.74) is 1.47. The summed E-state index contributed by atoms with van der Waals surface area (Å²) in [6, 6.07) is 17.2. The Morgan fingerprint density at radius 2 is 1.72 bits per heavy atom. The summed E-state index contributed by atoms with van der Waals surface area (Å²) in [4.78, 5) is 14.4. The lowest BCUT2D eigenvalue weighted by atomic mass is 9.86. The second-order valence-electron chi connectivity index (χ2n) is 6.67. The highest BCUT2D eigenvalue weighted by molar-refractivity contribution is 5.93. The molecule has 3 nitrogen and oxygen atoms in total. The third-order valence-electron chi connectivity index (χ3n) is 4.98. The molecular formula is C21H25FN2O. The van der Waals surface area contributed by atoms with Crippen LogP contribution in [0.5, 0.6) is 0 Å². The number of nitrogens with one attached hydrogen (secondary N) is 1. The Morgan fingerprint density at radius 3 is 2.40 bits per heavy atom. The van der Waals surface area contributed by atoms with Crippen LogP contribution < -0.4 is 5.32 Å². The smallest absolute Gasteiger partial charge is 0.238 e. The number of alkyl halides is 1. The van der Waals surface area contributed by atoms with E-state index in [1.165, 1.54) is 0 Å². The average molecular weight is 340 g/mol. The topological polar surface area (TPSA) is 32.3 Å². The van der Waals surface area contributed by atoms with Crippen molar-refractivity contribution in [3.05, 3.63) is 65.7 Å². The highest BCUT2D eigenvalue weighted by atomic mass is 19.1. The largest absolute Gasteiger partial charge is 0.325 e. The molecule has 3 rings (SSSR count). The Hall–Kier alpha value is -2.20. The van der Waals surface area contributed by atoms with Gasteiger partial charge in [-0.3, -0.25) is 9.69 Å². The summed E-state index contributed by atoms with van der Waals surface area (Å²) in [6.45, 7) is 3.56. The first kappa shape index (κ1) is 17.6. The zero-order valence-electron chi connectivity index (χ0n) is 14.7. The van der Waals surface area contributed by atoms with Crippen LogP contribution in [0.4, 0.5) is 10.1 Å². The van der Waals surface area contributed by atoms with E-state index in [1.807, 2.05) is 59.5 Å². The van der Waals surface area contributed by atoms with Gasteiger partial charge in [0.25, 0.3) is 0 Å². The molecule has 0 saturated carbocycles. The minimum absolute atomic E-state index is 0.0352. The van der Waals surface area contributed by atoms with Gasteiger partial charge in [0.2, 0.25) is 5.91 Å². The van der Waals surface area contributed by atoms with Crippen molar-refractivity contribution in [2.75, 3.05) is 25.0 Å². The van der Waals surface area contributed by atoms with E-state index in [1.54, 1.807) is 0 Å². The maximum absolute atomic E-state index is 15.1. The third kappa shape index (κ3) is 4.26. The monoisotopic (exact) mass is 340 g/mol. The fraction of sp³-hybridized carbons (Fsp3) is 0.381. The number of nitrogens with zero attached hydrogens (tertiary/aromatic N) is 1. The zero-order chi connectivity index (χ0) is 17.7. The molecule has 1 aliphatic heterocycles. The van der Waals surface area contributed by atoms with Gasteiger partial charge in [-0.1, -0.05) is 55.5 Å². The predicted octanol–water partition coefficient (Wildman–Crippen LogP) is 4.15. The van der Waals surface area contributed by atoms with Gasteiger partial charge in [-0.2, -0.15) is 0 Å². The number of hydrogen-bond acceptors (Lipinski definition) is 2. The van der Waals surface area contributed by atoms with Crippen LogP contribution in [0.15, 0.2) is 54.6 Å². The van der Waals surface area contributed by atoms with Crippen molar-refractivity contribution >= 4 is 11.6 Å². The van der Waals surface area contributed by atoms with Crippen LogP contribution in [0.2, 0.25) is 0 Å². The second-order valence-corrected chi connectivity index (χ2v) is 6.67. The van der Waals surface area contributed by atoms with E-state index < -0.39 is 5.67 Å². The van der Waals surface area contributed by atoms with Crippen LogP contribution in [0, 0.1) is 0 Å². The van der Waals surface area contributed by atoms with E-state index in [0.29, 0.717) is 32.5 Å². The molecule has 1 N–H and O–H groups in total. The lowest BCUT2D eigenvalue weighted by Crippen LogP contribution is -2.43. The van der Waals surface area contributed by atoms with E-state index >= 15 is 4.39 Å². The molecule has 0 unspecified atom stereocenters. The normalized spacial score (nSPS) is 17.2. The van der Waals surface area contributed by atoms with Gasteiger partial charge in [0.05, 0.1) is 6.54 Å². The number of carbonyl (C=O) groups is 1. The molecule has 25 heavy (non-hydrogen) atoms. The number of aryl methyl sites for hydroxylation is 1. The molecule has 4 heteroatoms. The second kappa shape index (κ2) is 7.79. The molecule has 2 aromatic rings. The predicted molar refractivity (Wildman–Crippen MR) is 99.4 cm³/mol. The van der Waals surface area contributed by atoms with Crippen LogP contribution in [0.1, 0.15) is 30.9 Å². The number of piperidine rings is 1. The van der Waals surface area contributed by atoms with Crippen LogP contribution in [-0.4, -0.2) is 30.4 Å². The molecule has 0 aliphatic carbocycles. The number of hydrogen-bond donors (Lipinski definition) is 1. The third-order valence-corrected chi connectivity index (χ3v) is 4.98. The Morgan fingerprint density at radius 1 is 1.08 bits per heavy atom. The molecule has 2 aromatic carbocycles. The number of rotatable bonds is 5.